The van der Waals surface area contributed by atoms with Crippen LogP contribution < -0.4 is 0 Å². The Hall–Kier alpha value is -0.820. The van der Waals surface area contributed by atoms with Gasteiger partial charge in [0, 0.05) is 12.6 Å². The molecule has 0 saturated carbocycles. The minimum absolute atomic E-state index is 0.800. The molecule has 1 aromatic carbocycles. The van der Waals surface area contributed by atoms with Crippen molar-refractivity contribution in [2.75, 3.05) is 6.54 Å². The quantitative estimate of drug-likeness (QED) is 0.754. The molecule has 0 spiro atoms. The Labute approximate surface area is 106 Å². The number of piperidine rings is 1. The van der Waals surface area contributed by atoms with Crippen LogP contribution in [0.15, 0.2) is 30.3 Å². The molecule has 2 atom stereocenters. The summed E-state index contributed by atoms with van der Waals surface area (Å²) < 4.78 is 0. The third kappa shape index (κ3) is 3.32. The van der Waals surface area contributed by atoms with Gasteiger partial charge in [0.05, 0.1) is 0 Å². The fourth-order valence-electron chi connectivity index (χ4n) is 3.11. The Morgan fingerprint density at radius 1 is 1.24 bits per heavy atom. The zero-order valence-corrected chi connectivity index (χ0v) is 11.2. The van der Waals surface area contributed by atoms with Gasteiger partial charge in [-0.15, -0.1) is 0 Å². The fourth-order valence-corrected chi connectivity index (χ4v) is 3.11. The molecule has 1 aromatic rings. The van der Waals surface area contributed by atoms with E-state index in [0.717, 1.165) is 18.5 Å². The number of rotatable bonds is 4. The Bertz CT molecular complexity index is 320. The molecular formula is C16H25N. The molecule has 0 radical (unpaired) electrons. The van der Waals surface area contributed by atoms with Crippen LogP contribution in [0.2, 0.25) is 0 Å². The Morgan fingerprint density at radius 3 is 2.71 bits per heavy atom. The maximum Gasteiger partial charge on any atom is 0.0236 e. The van der Waals surface area contributed by atoms with Crippen molar-refractivity contribution in [3.8, 4) is 0 Å². The van der Waals surface area contributed by atoms with Crippen LogP contribution in [0.4, 0.5) is 0 Å². The summed E-state index contributed by atoms with van der Waals surface area (Å²) in [6.45, 7) is 7.15. The maximum atomic E-state index is 2.70. The molecule has 2 rings (SSSR count). The minimum Gasteiger partial charge on any atom is -0.296 e. The van der Waals surface area contributed by atoms with Crippen LogP contribution in [0.3, 0.4) is 0 Å². The summed E-state index contributed by atoms with van der Waals surface area (Å²) in [5, 5.41) is 0. The molecule has 0 aliphatic carbocycles. The van der Waals surface area contributed by atoms with Gasteiger partial charge in [-0.3, -0.25) is 4.90 Å². The molecule has 0 N–H and O–H groups in total. The SMILES string of the molecule is CCC[C@H]1[C@@H](C)CCCN1Cc1ccccc1. The number of hydrogen-bond acceptors (Lipinski definition) is 1. The number of nitrogens with zero attached hydrogens (tertiary/aromatic N) is 1. The van der Waals surface area contributed by atoms with Gasteiger partial charge in [0.15, 0.2) is 0 Å². The molecular weight excluding hydrogens is 206 g/mol. The van der Waals surface area contributed by atoms with Gasteiger partial charge in [-0.2, -0.15) is 0 Å². The Morgan fingerprint density at radius 2 is 2.00 bits per heavy atom. The van der Waals surface area contributed by atoms with Crippen LogP contribution in [0.1, 0.15) is 45.1 Å². The average Bonchev–Trinajstić information content (AvgIpc) is 2.35. The highest BCUT2D eigenvalue weighted by Crippen LogP contribution is 2.27. The average molecular weight is 231 g/mol. The first-order valence-corrected chi connectivity index (χ1v) is 7.09. The standard InChI is InChI=1S/C16H25N/c1-3-8-16-14(2)9-7-12-17(16)13-15-10-5-4-6-11-15/h4-6,10-11,14,16H,3,7-9,12-13H2,1-2H3/t14-,16-/m0/s1. The highest BCUT2D eigenvalue weighted by atomic mass is 15.2. The molecule has 0 unspecified atom stereocenters. The summed E-state index contributed by atoms with van der Waals surface area (Å²) in [7, 11) is 0. The van der Waals surface area contributed by atoms with E-state index in [-0.39, 0.29) is 0 Å². The van der Waals surface area contributed by atoms with Gasteiger partial charge < -0.3 is 0 Å². The van der Waals surface area contributed by atoms with Gasteiger partial charge in [-0.05, 0) is 37.3 Å². The van der Waals surface area contributed by atoms with E-state index in [4.69, 9.17) is 0 Å². The lowest BCUT2D eigenvalue weighted by molar-refractivity contribution is 0.0863. The highest BCUT2D eigenvalue weighted by molar-refractivity contribution is 5.14. The molecule has 0 bridgehead atoms. The Kier molecular flexibility index (Phi) is 4.61. The number of likely N-dealkylation sites (tertiary alicyclic amines) is 1. The molecule has 1 saturated heterocycles. The van der Waals surface area contributed by atoms with E-state index in [9.17, 15) is 0 Å². The van der Waals surface area contributed by atoms with Crippen molar-refractivity contribution in [3.05, 3.63) is 35.9 Å². The van der Waals surface area contributed by atoms with Gasteiger partial charge in [0.25, 0.3) is 0 Å². The molecule has 1 heterocycles. The van der Waals surface area contributed by atoms with E-state index in [1.807, 2.05) is 0 Å². The van der Waals surface area contributed by atoms with Crippen molar-refractivity contribution in [2.45, 2.75) is 52.1 Å². The molecule has 0 aromatic heterocycles. The van der Waals surface area contributed by atoms with Crippen molar-refractivity contribution in [2.24, 2.45) is 5.92 Å². The summed E-state index contributed by atoms with van der Waals surface area (Å²) in [6, 6.07) is 11.7. The van der Waals surface area contributed by atoms with E-state index >= 15 is 0 Å². The largest absolute Gasteiger partial charge is 0.296 e. The summed E-state index contributed by atoms with van der Waals surface area (Å²) >= 11 is 0. The smallest absolute Gasteiger partial charge is 0.0236 e. The first-order chi connectivity index (χ1) is 8.31. The van der Waals surface area contributed by atoms with Crippen LogP contribution in [-0.2, 0) is 6.54 Å². The lowest BCUT2D eigenvalue weighted by Gasteiger charge is -2.40. The molecule has 17 heavy (non-hydrogen) atoms. The zero-order chi connectivity index (χ0) is 12.1. The number of benzene rings is 1. The molecule has 1 aliphatic rings. The maximum absolute atomic E-state index is 2.70. The third-order valence-electron chi connectivity index (χ3n) is 4.04. The predicted molar refractivity (Wildman–Crippen MR) is 73.9 cm³/mol. The molecule has 1 heteroatoms. The van der Waals surface area contributed by atoms with E-state index in [2.05, 4.69) is 49.1 Å². The van der Waals surface area contributed by atoms with Crippen molar-refractivity contribution in [1.29, 1.82) is 0 Å². The van der Waals surface area contributed by atoms with Crippen LogP contribution in [0, 0.1) is 5.92 Å². The van der Waals surface area contributed by atoms with Gasteiger partial charge in [0.2, 0.25) is 0 Å². The highest BCUT2D eigenvalue weighted by Gasteiger charge is 2.27. The lowest BCUT2D eigenvalue weighted by Crippen LogP contribution is -2.43. The van der Waals surface area contributed by atoms with E-state index in [0.29, 0.717) is 0 Å². The van der Waals surface area contributed by atoms with Crippen LogP contribution in [0.5, 0.6) is 0 Å². The molecule has 1 aliphatic heterocycles. The second kappa shape index (κ2) is 6.20. The predicted octanol–water partition coefficient (Wildman–Crippen LogP) is 4.09. The van der Waals surface area contributed by atoms with Gasteiger partial charge >= 0.3 is 0 Å². The van der Waals surface area contributed by atoms with Gasteiger partial charge in [-0.25, -0.2) is 0 Å². The van der Waals surface area contributed by atoms with E-state index in [1.54, 1.807) is 0 Å². The van der Waals surface area contributed by atoms with Gasteiger partial charge in [-0.1, -0.05) is 50.6 Å². The van der Waals surface area contributed by atoms with E-state index in [1.165, 1.54) is 37.8 Å². The summed E-state index contributed by atoms with van der Waals surface area (Å²) in [5.74, 6) is 0.868. The van der Waals surface area contributed by atoms with Crippen molar-refractivity contribution in [1.82, 2.24) is 4.90 Å². The van der Waals surface area contributed by atoms with Crippen LogP contribution in [0.25, 0.3) is 0 Å². The monoisotopic (exact) mass is 231 g/mol. The van der Waals surface area contributed by atoms with Gasteiger partial charge in [0.1, 0.15) is 0 Å². The topological polar surface area (TPSA) is 3.24 Å². The molecule has 1 fully saturated rings. The second-order valence-corrected chi connectivity index (χ2v) is 5.43. The Balaban J connectivity index is 2.02. The summed E-state index contributed by atoms with van der Waals surface area (Å²) in [6.07, 6.45) is 5.44. The first-order valence-electron chi connectivity index (χ1n) is 7.09. The van der Waals surface area contributed by atoms with Crippen molar-refractivity contribution >= 4 is 0 Å². The summed E-state index contributed by atoms with van der Waals surface area (Å²) in [4.78, 5) is 2.70. The third-order valence-corrected chi connectivity index (χ3v) is 4.04. The first kappa shape index (κ1) is 12.6. The zero-order valence-electron chi connectivity index (χ0n) is 11.2. The summed E-state index contributed by atoms with van der Waals surface area (Å²) in [5.41, 5.74) is 1.46. The van der Waals surface area contributed by atoms with Crippen LogP contribution in [-0.4, -0.2) is 17.5 Å². The lowest BCUT2D eigenvalue weighted by atomic mass is 9.87. The van der Waals surface area contributed by atoms with Crippen LogP contribution >= 0.6 is 0 Å². The second-order valence-electron chi connectivity index (χ2n) is 5.43. The van der Waals surface area contributed by atoms with E-state index < -0.39 is 0 Å². The molecule has 1 nitrogen and oxygen atoms in total. The normalized spacial score (nSPS) is 26.0. The minimum atomic E-state index is 0.800. The molecule has 94 valence electrons. The fraction of sp³-hybridized carbons (Fsp3) is 0.625. The number of hydrogen-bond donors (Lipinski definition) is 0. The molecule has 0 amide bonds. The van der Waals surface area contributed by atoms with Crippen molar-refractivity contribution in [3.63, 3.8) is 0 Å². The van der Waals surface area contributed by atoms with Crippen molar-refractivity contribution < 1.29 is 0 Å².